The third kappa shape index (κ3) is 2.59. The van der Waals surface area contributed by atoms with Crippen molar-refractivity contribution in [3.05, 3.63) is 40.5 Å². The van der Waals surface area contributed by atoms with Gasteiger partial charge in [0.05, 0.1) is 16.7 Å². The third-order valence-corrected chi connectivity index (χ3v) is 4.01. The lowest BCUT2D eigenvalue weighted by Gasteiger charge is -2.01. The molecule has 0 saturated carbocycles. The van der Waals surface area contributed by atoms with E-state index in [1.165, 1.54) is 17.3 Å². The lowest BCUT2D eigenvalue weighted by molar-refractivity contribution is 1.06. The molecule has 0 fully saturated rings. The maximum Gasteiger partial charge on any atom is 0.172 e. The molecular formula is C13H11BrN4S. The quantitative estimate of drug-likeness (QED) is 0.748. The van der Waals surface area contributed by atoms with Crippen LogP contribution >= 0.6 is 27.7 Å². The third-order valence-electron chi connectivity index (χ3n) is 2.65. The SMILES string of the molecule is Cc1ccc2nc(Sc3ncc(Br)cc3N)[nH]c2c1. The molecule has 4 nitrogen and oxygen atoms in total. The number of halogens is 1. The van der Waals surface area contributed by atoms with Gasteiger partial charge in [0.1, 0.15) is 5.03 Å². The summed E-state index contributed by atoms with van der Waals surface area (Å²) in [4.78, 5) is 12.1. The van der Waals surface area contributed by atoms with Gasteiger partial charge in [-0.2, -0.15) is 0 Å². The molecule has 2 aromatic heterocycles. The van der Waals surface area contributed by atoms with Crippen molar-refractivity contribution in [1.29, 1.82) is 0 Å². The summed E-state index contributed by atoms with van der Waals surface area (Å²) in [6, 6.07) is 7.96. The number of aromatic nitrogens is 3. The highest BCUT2D eigenvalue weighted by molar-refractivity contribution is 9.10. The Bertz CT molecular complexity index is 753. The molecule has 0 saturated heterocycles. The summed E-state index contributed by atoms with van der Waals surface area (Å²) in [5.74, 6) is 0. The molecule has 0 atom stereocenters. The number of nitrogens with one attached hydrogen (secondary N) is 1. The molecule has 1 aromatic carbocycles. The molecule has 3 N–H and O–H groups in total. The number of rotatable bonds is 2. The maximum absolute atomic E-state index is 5.93. The number of benzene rings is 1. The van der Waals surface area contributed by atoms with Crippen molar-refractivity contribution in [2.24, 2.45) is 0 Å². The van der Waals surface area contributed by atoms with Crippen LogP contribution in [0.4, 0.5) is 5.69 Å². The predicted octanol–water partition coefficient (Wildman–Crippen LogP) is 3.76. The fraction of sp³-hybridized carbons (Fsp3) is 0.0769. The molecule has 3 aromatic rings. The number of nitrogens with two attached hydrogens (primary N) is 1. The van der Waals surface area contributed by atoms with Crippen molar-refractivity contribution in [1.82, 2.24) is 15.0 Å². The van der Waals surface area contributed by atoms with E-state index in [9.17, 15) is 0 Å². The van der Waals surface area contributed by atoms with Crippen molar-refractivity contribution >= 4 is 44.4 Å². The molecule has 0 aliphatic carbocycles. The molecular weight excluding hydrogens is 324 g/mol. The first-order valence-corrected chi connectivity index (χ1v) is 7.28. The second kappa shape index (κ2) is 4.86. The highest BCUT2D eigenvalue weighted by Gasteiger charge is 2.08. The van der Waals surface area contributed by atoms with Crippen molar-refractivity contribution in [2.75, 3.05) is 5.73 Å². The van der Waals surface area contributed by atoms with Crippen LogP contribution in [0.25, 0.3) is 11.0 Å². The van der Waals surface area contributed by atoms with E-state index >= 15 is 0 Å². The Labute approximate surface area is 123 Å². The van der Waals surface area contributed by atoms with E-state index in [4.69, 9.17) is 5.73 Å². The lowest BCUT2D eigenvalue weighted by atomic mass is 10.2. The topological polar surface area (TPSA) is 67.6 Å². The monoisotopic (exact) mass is 334 g/mol. The number of hydrogen-bond donors (Lipinski definition) is 2. The van der Waals surface area contributed by atoms with Gasteiger partial charge < -0.3 is 10.7 Å². The van der Waals surface area contributed by atoms with E-state index in [0.717, 1.165) is 25.7 Å². The molecule has 19 heavy (non-hydrogen) atoms. The number of pyridine rings is 1. The summed E-state index contributed by atoms with van der Waals surface area (Å²) < 4.78 is 0.870. The van der Waals surface area contributed by atoms with E-state index in [-0.39, 0.29) is 0 Å². The largest absolute Gasteiger partial charge is 0.396 e. The van der Waals surface area contributed by atoms with E-state index in [1.54, 1.807) is 6.20 Å². The van der Waals surface area contributed by atoms with Crippen LogP contribution in [0.5, 0.6) is 0 Å². The number of fused-ring (bicyclic) bond motifs is 1. The Kier molecular flexibility index (Phi) is 3.20. The molecule has 3 rings (SSSR count). The number of aromatic amines is 1. The summed E-state index contributed by atoms with van der Waals surface area (Å²) in [5, 5.41) is 1.54. The molecule has 0 unspecified atom stereocenters. The number of aryl methyl sites for hydroxylation is 1. The van der Waals surface area contributed by atoms with E-state index in [2.05, 4.69) is 43.9 Å². The first kappa shape index (κ1) is 12.5. The number of anilines is 1. The summed E-state index contributed by atoms with van der Waals surface area (Å²) in [7, 11) is 0. The minimum Gasteiger partial charge on any atom is -0.396 e. The fourth-order valence-electron chi connectivity index (χ4n) is 1.77. The van der Waals surface area contributed by atoms with E-state index in [0.29, 0.717) is 5.69 Å². The summed E-state index contributed by atoms with van der Waals surface area (Å²) in [5.41, 5.74) is 9.74. The van der Waals surface area contributed by atoms with Crippen LogP contribution in [0.1, 0.15) is 5.56 Å². The molecule has 96 valence electrons. The molecule has 0 bridgehead atoms. The van der Waals surface area contributed by atoms with Gasteiger partial charge in [0.2, 0.25) is 0 Å². The van der Waals surface area contributed by atoms with Gasteiger partial charge >= 0.3 is 0 Å². The smallest absolute Gasteiger partial charge is 0.172 e. The summed E-state index contributed by atoms with van der Waals surface area (Å²) >= 11 is 4.77. The highest BCUT2D eigenvalue weighted by atomic mass is 79.9. The van der Waals surface area contributed by atoms with Gasteiger partial charge in [-0.25, -0.2) is 9.97 Å². The first-order valence-electron chi connectivity index (χ1n) is 5.67. The lowest BCUT2D eigenvalue weighted by Crippen LogP contribution is -1.91. The molecule has 0 radical (unpaired) electrons. The summed E-state index contributed by atoms with van der Waals surface area (Å²) in [6.07, 6.45) is 1.73. The average molecular weight is 335 g/mol. The Balaban J connectivity index is 1.96. The number of H-pyrrole nitrogens is 1. The summed E-state index contributed by atoms with van der Waals surface area (Å²) in [6.45, 7) is 2.06. The molecule has 6 heteroatoms. The first-order chi connectivity index (χ1) is 9.11. The van der Waals surface area contributed by atoms with Gasteiger partial charge in [-0.15, -0.1) is 0 Å². The highest BCUT2D eigenvalue weighted by Crippen LogP contribution is 2.31. The van der Waals surface area contributed by atoms with Gasteiger partial charge in [-0.3, -0.25) is 0 Å². The fourth-order valence-corrected chi connectivity index (χ4v) is 2.89. The second-order valence-electron chi connectivity index (χ2n) is 4.21. The zero-order valence-corrected chi connectivity index (χ0v) is 12.5. The normalized spacial score (nSPS) is 11.1. The van der Waals surface area contributed by atoms with Crippen LogP contribution in [0.2, 0.25) is 0 Å². The zero-order chi connectivity index (χ0) is 13.4. The average Bonchev–Trinajstić information content (AvgIpc) is 2.74. The Morgan fingerprint density at radius 3 is 2.95 bits per heavy atom. The van der Waals surface area contributed by atoms with Gasteiger partial charge in [0.15, 0.2) is 5.16 Å². The Morgan fingerprint density at radius 1 is 1.32 bits per heavy atom. The number of imidazole rings is 1. The second-order valence-corrected chi connectivity index (χ2v) is 6.11. The van der Waals surface area contributed by atoms with Crippen LogP contribution in [0.15, 0.2) is 45.1 Å². The van der Waals surface area contributed by atoms with Gasteiger partial charge in [-0.1, -0.05) is 6.07 Å². The zero-order valence-electron chi connectivity index (χ0n) is 10.1. The molecule has 0 amide bonds. The van der Waals surface area contributed by atoms with Crippen LogP contribution < -0.4 is 5.73 Å². The van der Waals surface area contributed by atoms with Crippen molar-refractivity contribution < 1.29 is 0 Å². The van der Waals surface area contributed by atoms with Crippen molar-refractivity contribution in [3.63, 3.8) is 0 Å². The maximum atomic E-state index is 5.93. The van der Waals surface area contributed by atoms with Gasteiger partial charge in [-0.05, 0) is 58.4 Å². The number of hydrogen-bond acceptors (Lipinski definition) is 4. The van der Waals surface area contributed by atoms with Gasteiger partial charge in [0.25, 0.3) is 0 Å². The predicted molar refractivity (Wildman–Crippen MR) is 81.3 cm³/mol. The number of nitrogens with zero attached hydrogens (tertiary/aromatic N) is 2. The molecule has 0 aliphatic heterocycles. The van der Waals surface area contributed by atoms with Crippen molar-refractivity contribution in [3.8, 4) is 0 Å². The Morgan fingerprint density at radius 2 is 2.16 bits per heavy atom. The van der Waals surface area contributed by atoms with Gasteiger partial charge in [0, 0.05) is 10.7 Å². The molecule has 2 heterocycles. The standard InChI is InChI=1S/C13H11BrN4S/c1-7-2-3-10-11(4-7)18-13(17-10)19-12-9(15)5-8(14)6-16-12/h2-6H,15H2,1H3,(H,17,18). The van der Waals surface area contributed by atoms with Crippen LogP contribution in [0, 0.1) is 6.92 Å². The Hall–Kier alpha value is -1.53. The molecule has 0 spiro atoms. The number of nitrogen functional groups attached to an aromatic ring is 1. The van der Waals surface area contributed by atoms with E-state index in [1.807, 2.05) is 18.2 Å². The van der Waals surface area contributed by atoms with Crippen molar-refractivity contribution in [2.45, 2.75) is 17.1 Å². The minimum atomic E-state index is 0.635. The van der Waals surface area contributed by atoms with E-state index < -0.39 is 0 Å². The van der Waals surface area contributed by atoms with Crippen LogP contribution in [-0.2, 0) is 0 Å². The minimum absolute atomic E-state index is 0.635. The van der Waals surface area contributed by atoms with Crippen LogP contribution in [-0.4, -0.2) is 15.0 Å². The molecule has 0 aliphatic rings. The van der Waals surface area contributed by atoms with Crippen LogP contribution in [0.3, 0.4) is 0 Å².